The van der Waals surface area contributed by atoms with E-state index in [-0.39, 0.29) is 0 Å². The lowest BCUT2D eigenvalue weighted by molar-refractivity contribution is 0.130. The number of oxime groups is 1. The molecule has 0 atom stereocenters. The molecular weight excluding hydrogens is 356 g/mol. The number of hydrogen-bond donors (Lipinski definition) is 2. The van der Waals surface area contributed by atoms with Crippen molar-refractivity contribution in [2.45, 2.75) is 20.5 Å². The molecule has 0 unspecified atom stereocenters. The molecule has 2 aromatic rings. The molecular formula is C17H18N4O4S. The van der Waals surface area contributed by atoms with Gasteiger partial charge in [0.05, 0.1) is 22.1 Å². The first-order chi connectivity index (χ1) is 12.3. The minimum Gasteiger partial charge on any atom is -0.391 e. The zero-order valence-corrected chi connectivity index (χ0v) is 15.1. The average Bonchev–Trinajstić information content (AvgIpc) is 3.03. The molecule has 0 fully saturated rings. The van der Waals surface area contributed by atoms with Crippen LogP contribution < -0.4 is 15.4 Å². The van der Waals surface area contributed by atoms with E-state index in [2.05, 4.69) is 15.1 Å². The molecule has 0 aliphatic carbocycles. The summed E-state index contributed by atoms with van der Waals surface area (Å²) in [4.78, 5) is 13.9. The largest absolute Gasteiger partial charge is 0.391 e. The van der Waals surface area contributed by atoms with E-state index in [1.165, 1.54) is 0 Å². The summed E-state index contributed by atoms with van der Waals surface area (Å²) in [5.74, 6) is 0. The summed E-state index contributed by atoms with van der Waals surface area (Å²) in [6.07, 6.45) is 0. The Morgan fingerprint density at radius 1 is 1.23 bits per heavy atom. The van der Waals surface area contributed by atoms with Crippen LogP contribution in [0.5, 0.6) is 0 Å². The fraction of sp³-hybridized carbons (Fsp3) is 0.235. The standard InChI is InChI=1S/C17H18N4O4S/c1-11-7-14(4-6-15(11)21-26(22,23)24)12(2)20-25-9-13-3-5-16-17(8-13)19-10-18-16/h3-8,21H,9-10H2,1-2H3,(H,22,23,24)/b20-12+. The summed E-state index contributed by atoms with van der Waals surface area (Å²) < 4.78 is 32.7. The first-order valence-corrected chi connectivity index (χ1v) is 9.26. The summed E-state index contributed by atoms with van der Waals surface area (Å²) in [5.41, 5.74) is 3.33. The van der Waals surface area contributed by atoms with Crippen molar-refractivity contribution >= 4 is 21.7 Å². The van der Waals surface area contributed by atoms with Crippen LogP contribution in [0.1, 0.15) is 23.6 Å². The monoisotopic (exact) mass is 374 g/mol. The smallest absolute Gasteiger partial charge is 0.357 e. The van der Waals surface area contributed by atoms with Crippen molar-refractivity contribution < 1.29 is 17.8 Å². The molecule has 0 spiro atoms. The summed E-state index contributed by atoms with van der Waals surface area (Å²) in [5, 5.41) is 5.86. The molecule has 2 aromatic carbocycles. The van der Waals surface area contributed by atoms with Gasteiger partial charge in [-0.1, -0.05) is 17.3 Å². The van der Waals surface area contributed by atoms with Gasteiger partial charge in [-0.2, -0.15) is 8.42 Å². The molecule has 0 amide bonds. The summed E-state index contributed by atoms with van der Waals surface area (Å²) in [7, 11) is -4.30. The lowest BCUT2D eigenvalue weighted by atomic mass is 10.1. The van der Waals surface area contributed by atoms with Crippen molar-refractivity contribution in [3.05, 3.63) is 63.8 Å². The lowest BCUT2D eigenvalue weighted by Crippen LogP contribution is -2.21. The van der Waals surface area contributed by atoms with Crippen molar-refractivity contribution in [2.75, 3.05) is 11.4 Å². The topological polar surface area (TPSA) is 113 Å². The molecule has 0 radical (unpaired) electrons. The molecule has 8 nitrogen and oxygen atoms in total. The van der Waals surface area contributed by atoms with E-state index in [0.29, 0.717) is 30.2 Å². The molecule has 0 saturated heterocycles. The third-order valence-corrected chi connectivity index (χ3v) is 4.32. The van der Waals surface area contributed by atoms with E-state index in [0.717, 1.165) is 21.8 Å². The SMILES string of the molecule is C/C(=N\OCc1ccc2c(c1)=NCN=2)c1ccc(NS(=O)(=O)O)c(C)c1. The lowest BCUT2D eigenvalue weighted by Gasteiger charge is -2.09. The van der Waals surface area contributed by atoms with Gasteiger partial charge in [0.1, 0.15) is 13.3 Å². The highest BCUT2D eigenvalue weighted by Gasteiger charge is 2.08. The van der Waals surface area contributed by atoms with Crippen LogP contribution in [0, 0.1) is 6.92 Å². The molecule has 0 aromatic heterocycles. The highest BCUT2D eigenvalue weighted by atomic mass is 32.2. The van der Waals surface area contributed by atoms with Gasteiger partial charge in [-0.15, -0.1) is 0 Å². The van der Waals surface area contributed by atoms with Crippen LogP contribution in [0.15, 0.2) is 51.5 Å². The predicted molar refractivity (Wildman–Crippen MR) is 97.0 cm³/mol. The van der Waals surface area contributed by atoms with E-state index in [1.54, 1.807) is 32.0 Å². The van der Waals surface area contributed by atoms with Gasteiger partial charge in [-0.25, -0.2) is 0 Å². The second kappa shape index (κ2) is 7.22. The Morgan fingerprint density at radius 3 is 2.73 bits per heavy atom. The second-order valence-electron chi connectivity index (χ2n) is 5.84. The quantitative estimate of drug-likeness (QED) is 0.451. The highest BCUT2D eigenvalue weighted by Crippen LogP contribution is 2.18. The number of aryl methyl sites for hydroxylation is 1. The van der Waals surface area contributed by atoms with Crippen LogP contribution in [0.4, 0.5) is 5.69 Å². The molecule has 1 heterocycles. The van der Waals surface area contributed by atoms with Gasteiger partial charge < -0.3 is 4.84 Å². The first-order valence-electron chi connectivity index (χ1n) is 7.82. The van der Waals surface area contributed by atoms with Crippen LogP contribution in [0.25, 0.3) is 0 Å². The zero-order valence-electron chi connectivity index (χ0n) is 14.3. The van der Waals surface area contributed by atoms with E-state index in [4.69, 9.17) is 9.39 Å². The molecule has 0 bridgehead atoms. The molecule has 26 heavy (non-hydrogen) atoms. The molecule has 136 valence electrons. The number of benzene rings is 2. The molecule has 9 heteroatoms. The molecule has 3 rings (SSSR count). The van der Waals surface area contributed by atoms with E-state index < -0.39 is 10.3 Å². The van der Waals surface area contributed by atoms with E-state index in [9.17, 15) is 8.42 Å². The number of hydrogen-bond acceptors (Lipinski definition) is 6. The Bertz CT molecular complexity index is 1090. The zero-order chi connectivity index (χ0) is 18.7. The van der Waals surface area contributed by atoms with Gasteiger partial charge in [0.25, 0.3) is 0 Å². The molecule has 1 aliphatic heterocycles. The molecule has 0 saturated carbocycles. The third-order valence-electron chi connectivity index (χ3n) is 3.84. The number of nitrogens with zero attached hydrogens (tertiary/aromatic N) is 3. The minimum absolute atomic E-state index is 0.303. The third kappa shape index (κ3) is 4.44. The number of fused-ring (bicyclic) bond motifs is 1. The fourth-order valence-corrected chi connectivity index (χ4v) is 3.01. The summed E-state index contributed by atoms with van der Waals surface area (Å²) >= 11 is 0. The van der Waals surface area contributed by atoms with Crippen molar-refractivity contribution in [1.82, 2.24) is 0 Å². The molecule has 1 aliphatic rings. The van der Waals surface area contributed by atoms with Crippen LogP contribution in [-0.2, 0) is 21.7 Å². The number of nitrogens with one attached hydrogen (secondary N) is 1. The minimum atomic E-state index is -4.30. The van der Waals surface area contributed by atoms with E-state index in [1.807, 2.05) is 22.9 Å². The molecule has 2 N–H and O–H groups in total. The maximum absolute atomic E-state index is 10.9. The van der Waals surface area contributed by atoms with Crippen molar-refractivity contribution in [1.29, 1.82) is 0 Å². The van der Waals surface area contributed by atoms with Gasteiger partial charge in [0.2, 0.25) is 0 Å². The normalized spacial score (nSPS) is 13.6. The average molecular weight is 374 g/mol. The maximum atomic E-state index is 10.9. The predicted octanol–water partition coefficient (Wildman–Crippen LogP) is 1.36. The Hall–Kier alpha value is -2.78. The van der Waals surface area contributed by atoms with Gasteiger partial charge in [-0.05, 0) is 54.8 Å². The van der Waals surface area contributed by atoms with Crippen molar-refractivity contribution in [3.63, 3.8) is 0 Å². The highest BCUT2D eigenvalue weighted by molar-refractivity contribution is 7.87. The summed E-state index contributed by atoms with van der Waals surface area (Å²) in [6, 6.07) is 10.8. The van der Waals surface area contributed by atoms with Gasteiger partial charge in [-0.3, -0.25) is 19.3 Å². The van der Waals surface area contributed by atoms with Crippen LogP contribution in [0.3, 0.4) is 0 Å². The van der Waals surface area contributed by atoms with Crippen molar-refractivity contribution in [3.8, 4) is 0 Å². The fourth-order valence-electron chi connectivity index (χ4n) is 2.51. The second-order valence-corrected chi connectivity index (χ2v) is 6.99. The van der Waals surface area contributed by atoms with E-state index >= 15 is 0 Å². The van der Waals surface area contributed by atoms with Crippen LogP contribution in [-0.4, -0.2) is 25.4 Å². The number of rotatable bonds is 6. The van der Waals surface area contributed by atoms with Crippen LogP contribution >= 0.6 is 0 Å². The maximum Gasteiger partial charge on any atom is 0.357 e. The van der Waals surface area contributed by atoms with Gasteiger partial charge in [0.15, 0.2) is 0 Å². The summed E-state index contributed by atoms with van der Waals surface area (Å²) in [6.45, 7) is 4.30. The van der Waals surface area contributed by atoms with Crippen LogP contribution in [0.2, 0.25) is 0 Å². The van der Waals surface area contributed by atoms with Gasteiger partial charge >= 0.3 is 10.3 Å². The number of anilines is 1. The first kappa shape index (κ1) is 18.0. The Labute approximate surface area is 150 Å². The van der Waals surface area contributed by atoms with Gasteiger partial charge in [0, 0.05) is 0 Å². The Balaban J connectivity index is 1.68. The van der Waals surface area contributed by atoms with Crippen molar-refractivity contribution in [2.24, 2.45) is 15.1 Å². The Kier molecular flexibility index (Phi) is 5.01. The Morgan fingerprint density at radius 2 is 2.00 bits per heavy atom.